The van der Waals surface area contributed by atoms with Gasteiger partial charge in [0.05, 0.1) is 5.48 Å². The van der Waals surface area contributed by atoms with Gasteiger partial charge in [0.2, 0.25) is 15.9 Å². The Balaban J connectivity index is 3.14. The van der Waals surface area contributed by atoms with Gasteiger partial charge in [-0.2, -0.15) is 0 Å². The van der Waals surface area contributed by atoms with Crippen molar-refractivity contribution in [1.29, 1.82) is 0 Å². The Bertz CT molecular complexity index is 1340. The van der Waals surface area contributed by atoms with E-state index in [0.717, 1.165) is 12.1 Å². The van der Waals surface area contributed by atoms with Crippen LogP contribution in [0.2, 0.25) is 1.41 Å². The molecule has 1 aromatic carbocycles. The lowest BCUT2D eigenvalue weighted by Gasteiger charge is -2.39. The highest BCUT2D eigenvalue weighted by Crippen LogP contribution is 2.25. The fraction of sp³-hybridized carbons (Fsp3) is 0.650. The number of carbonyl (C=O) groups excluding carboxylic acids is 1. The van der Waals surface area contributed by atoms with E-state index in [9.17, 15) is 16.0 Å². The van der Waals surface area contributed by atoms with Crippen LogP contribution in [0.4, 0.5) is 5.69 Å². The lowest BCUT2D eigenvalue weighted by molar-refractivity contribution is -0.119. The van der Waals surface area contributed by atoms with Gasteiger partial charge in [-0.1, -0.05) is 44.3 Å². The lowest BCUT2D eigenvalue weighted by Crippen LogP contribution is -2.56. The normalized spacial score (nSPS) is 31.3. The first-order valence-corrected chi connectivity index (χ1v) is 10.0. The molecule has 158 valence electrons. The van der Waals surface area contributed by atoms with Gasteiger partial charge in [-0.05, 0) is 18.5 Å². The zero-order chi connectivity index (χ0) is 34.5. The molecule has 3 N–H and O–H groups in total. The first kappa shape index (κ1) is 9.02. The summed E-state index contributed by atoms with van der Waals surface area (Å²) in [5.74, 6) is -6.84. The van der Waals surface area contributed by atoms with Crippen molar-refractivity contribution in [2.45, 2.75) is 44.7 Å². The lowest BCUT2D eigenvalue weighted by atomic mass is 9.99. The van der Waals surface area contributed by atoms with Gasteiger partial charge in [0, 0.05) is 66.2 Å². The molecular weight excluding hydrogens is 376 g/mol. The molecule has 0 aliphatic carbocycles. The summed E-state index contributed by atoms with van der Waals surface area (Å²) < 4.78 is 163. The van der Waals surface area contributed by atoms with Crippen LogP contribution in [0.5, 0.6) is 0 Å². The van der Waals surface area contributed by atoms with Gasteiger partial charge in [0.25, 0.3) is 0 Å². The average molecular weight is 427 g/mol. The van der Waals surface area contributed by atoms with Crippen molar-refractivity contribution in [2.75, 3.05) is 37.4 Å². The van der Waals surface area contributed by atoms with E-state index in [-0.39, 0.29) is 13.1 Å². The molecule has 1 heterocycles. The van der Waals surface area contributed by atoms with Gasteiger partial charge < -0.3 is 10.6 Å². The largest absolute Gasteiger partial charge is 0.356 e. The van der Waals surface area contributed by atoms with Crippen LogP contribution in [0.3, 0.4) is 0 Å². The molecule has 1 aromatic rings. The van der Waals surface area contributed by atoms with Crippen LogP contribution in [-0.4, -0.2) is 57.3 Å². The molecule has 1 amide bonds. The van der Waals surface area contributed by atoms with Crippen LogP contribution in [0.15, 0.2) is 30.3 Å². The number of hydrogen-bond acceptors (Lipinski definition) is 5. The zero-order valence-corrected chi connectivity index (χ0v) is 16.1. The van der Waals surface area contributed by atoms with Crippen LogP contribution in [-0.2, 0) is 14.8 Å². The molecule has 3 unspecified atom stereocenters. The van der Waals surface area contributed by atoms with Gasteiger partial charge in [-0.3, -0.25) is 14.4 Å². The Morgan fingerprint density at radius 2 is 2.29 bits per heavy atom. The zero-order valence-electron chi connectivity index (χ0n) is 31.3. The Kier molecular flexibility index (Phi) is 3.67. The van der Waals surface area contributed by atoms with Gasteiger partial charge >= 0.3 is 0 Å². The number of anilines is 1. The van der Waals surface area contributed by atoms with E-state index in [1.807, 2.05) is 0 Å². The number of nitrogens with one attached hydrogen (secondary N) is 3. The molecule has 8 heteroatoms. The van der Waals surface area contributed by atoms with Crippen molar-refractivity contribution >= 4 is 21.6 Å². The molecule has 3 atom stereocenters. The van der Waals surface area contributed by atoms with Gasteiger partial charge in [-0.25, -0.2) is 8.42 Å². The molecule has 0 spiro atoms. The van der Waals surface area contributed by atoms with Crippen LogP contribution >= 0.6 is 0 Å². The van der Waals surface area contributed by atoms with Crippen molar-refractivity contribution in [2.24, 2.45) is 5.89 Å². The number of sulfonamides is 1. The molecule has 1 fully saturated rings. The van der Waals surface area contributed by atoms with Crippen molar-refractivity contribution < 1.29 is 35.2 Å². The van der Waals surface area contributed by atoms with E-state index in [2.05, 4.69) is 5.32 Å². The summed E-state index contributed by atoms with van der Waals surface area (Å²) in [5, 5.41) is -2.27. The highest BCUT2D eigenvalue weighted by molar-refractivity contribution is 7.93. The van der Waals surface area contributed by atoms with E-state index in [4.69, 9.17) is 19.2 Å². The molecule has 2 rings (SSSR count). The Morgan fingerprint density at radius 1 is 1.50 bits per heavy atom. The van der Waals surface area contributed by atoms with Crippen molar-refractivity contribution in [3.8, 4) is 0 Å². The van der Waals surface area contributed by atoms with Gasteiger partial charge in [0.15, 0.2) is 1.41 Å². The monoisotopic (exact) mass is 426 g/mol. The Morgan fingerprint density at radius 3 is 3.00 bits per heavy atom. The molecule has 28 heavy (non-hydrogen) atoms. The predicted molar refractivity (Wildman–Crippen MR) is 114 cm³/mol. The molecule has 1 aliphatic rings. The topological polar surface area (TPSA) is 90.5 Å². The number of rotatable bonds is 11. The fourth-order valence-electron chi connectivity index (χ4n) is 2.36. The highest BCUT2D eigenvalue weighted by atomic mass is 32.2. The Hall–Kier alpha value is -1.64. The summed E-state index contributed by atoms with van der Waals surface area (Å²) in [7, 11) is -5.85. The fourth-order valence-corrected chi connectivity index (χ4v) is 3.75. The van der Waals surface area contributed by atoms with E-state index < -0.39 is 108 Å². The maximum atomic E-state index is 14.3. The molecule has 1 aliphatic heterocycles. The number of benzene rings is 1. The smallest absolute Gasteiger partial charge is 0.249 e. The number of amides is 1. The average Bonchev–Trinajstić information content (AvgIpc) is 2.94. The van der Waals surface area contributed by atoms with Crippen molar-refractivity contribution in [3.05, 3.63) is 30.3 Å². The van der Waals surface area contributed by atoms with Crippen LogP contribution in [0.25, 0.3) is 0 Å². The minimum absolute atomic E-state index is 0.117. The molecule has 0 saturated carbocycles. The van der Waals surface area contributed by atoms with E-state index in [1.165, 1.54) is 6.92 Å². The van der Waals surface area contributed by atoms with Crippen molar-refractivity contribution in [3.63, 3.8) is 0 Å². The number of nitrogens with zero attached hydrogens (tertiary/aromatic N) is 1. The second-order valence-corrected chi connectivity index (χ2v) is 7.17. The first-order chi connectivity index (χ1) is 19.7. The highest BCUT2D eigenvalue weighted by Gasteiger charge is 2.38. The number of para-hydroxylation sites is 1. The molecular formula is C20H34N4O3S. The predicted octanol–water partition coefficient (Wildman–Crippen LogP) is 1.99. The molecule has 1 saturated heterocycles. The first-order valence-electron chi connectivity index (χ1n) is 16.5. The minimum atomic E-state index is -5.85. The second-order valence-electron chi connectivity index (χ2n) is 5.57. The summed E-state index contributed by atoms with van der Waals surface area (Å²) in [4.78, 5) is 13.2. The molecule has 0 bridgehead atoms. The molecule has 0 radical (unpaired) electrons. The number of hydrogen-bond donors (Lipinski definition) is 3. The van der Waals surface area contributed by atoms with E-state index >= 15 is 0 Å². The van der Waals surface area contributed by atoms with E-state index in [1.54, 1.807) is 4.72 Å². The van der Waals surface area contributed by atoms with Gasteiger partial charge in [0.1, 0.15) is 5.35 Å². The maximum Gasteiger partial charge on any atom is 0.249 e. The summed E-state index contributed by atoms with van der Waals surface area (Å²) in [6.07, 6.45) is -10.5. The quantitative estimate of drug-likeness (QED) is 0.503. The second kappa shape index (κ2) is 11.4. The third-order valence-electron chi connectivity index (χ3n) is 3.49. The van der Waals surface area contributed by atoms with Crippen LogP contribution < -0.4 is 15.3 Å². The maximum absolute atomic E-state index is 14.3. The number of piperazine rings is 1. The number of carbonyl (C=O) groups is 1. The summed E-state index contributed by atoms with van der Waals surface area (Å²) in [6, 6.07) is -0.410. The summed E-state index contributed by atoms with van der Waals surface area (Å²) in [5.41, 5.74) is -0.752. The third-order valence-corrected chi connectivity index (χ3v) is 4.95. The molecule has 7 nitrogen and oxygen atoms in total. The third kappa shape index (κ3) is 7.07. The van der Waals surface area contributed by atoms with E-state index in [0.29, 0.717) is 4.90 Å². The summed E-state index contributed by atoms with van der Waals surface area (Å²) >= 11 is 0. The van der Waals surface area contributed by atoms with Crippen molar-refractivity contribution in [1.82, 2.24) is 15.5 Å². The van der Waals surface area contributed by atoms with Gasteiger partial charge in [-0.15, -0.1) is 0 Å². The molecule has 0 aromatic heterocycles. The Labute approximate surface area is 191 Å². The summed E-state index contributed by atoms with van der Waals surface area (Å²) in [6.45, 7) is -8.24. The standard InChI is InChI=1S/C20H34N4O3S/c1-3-4-6-9-18(16-22-17(2)25)20(24-14-12-21-13-15-24)28(26,27)23-19-10-7-5-8-11-19/h5,7-8,10-11,18,20-21,23H,3-4,6,9,12-16H2,1-2H3,(H,22,25)/i2D3,4D,5D,6D2,7D,9D2,10D,16D2,18D,20D/hD. The van der Waals surface area contributed by atoms with Crippen LogP contribution in [0.1, 0.15) is 59.9 Å². The van der Waals surface area contributed by atoms with Crippen LogP contribution in [0, 0.1) is 5.89 Å². The SMILES string of the molecule is [2H]c1ccc(NS(=O)(=O)C([2H])(N2CCNCC2)C([2H])(C([2H])([2H])N([2H])C(=O)C([2H])([2H])[2H])C([2H])([2H])C([2H])([2H])C([2H])CC)c([2H])c1[2H]. The minimum Gasteiger partial charge on any atom is -0.356 e.